The van der Waals surface area contributed by atoms with E-state index in [9.17, 15) is 4.79 Å². The van der Waals surface area contributed by atoms with Crippen LogP contribution in [0.1, 0.15) is 23.3 Å². The van der Waals surface area contributed by atoms with Gasteiger partial charge in [0.15, 0.2) is 0 Å². The second kappa shape index (κ2) is 5.14. The summed E-state index contributed by atoms with van der Waals surface area (Å²) >= 11 is 0. The molecule has 1 fully saturated rings. The van der Waals surface area contributed by atoms with Gasteiger partial charge in [0, 0.05) is 6.04 Å². The van der Waals surface area contributed by atoms with Crippen LogP contribution in [0.3, 0.4) is 0 Å². The molecule has 2 rings (SSSR count). The number of primary amides is 1. The van der Waals surface area contributed by atoms with Crippen LogP contribution in [0.2, 0.25) is 0 Å². The Morgan fingerprint density at radius 1 is 1.47 bits per heavy atom. The first kappa shape index (κ1) is 11.9. The molecule has 0 bridgehead atoms. The van der Waals surface area contributed by atoms with Crippen molar-refractivity contribution in [1.29, 1.82) is 0 Å². The van der Waals surface area contributed by atoms with Crippen LogP contribution in [0.25, 0.3) is 0 Å². The van der Waals surface area contributed by atoms with Crippen molar-refractivity contribution in [3.05, 3.63) is 23.9 Å². The smallest absolute Gasteiger partial charge is 0.267 e. The van der Waals surface area contributed by atoms with Gasteiger partial charge in [-0.25, -0.2) is 4.98 Å². The monoisotopic (exact) mass is 234 g/mol. The summed E-state index contributed by atoms with van der Waals surface area (Å²) in [6.07, 6.45) is 2.19. The third-order valence-electron chi connectivity index (χ3n) is 3.07. The third-order valence-corrected chi connectivity index (χ3v) is 3.07. The minimum absolute atomic E-state index is 0.308. The topological polar surface area (TPSA) is 71.2 Å². The standard InChI is InChI=1S/C12H18N4O/c1-16-7-5-9(6-8-16)14-11-4-2-3-10(15-11)12(13)17/h2-4,9H,5-8H2,1H3,(H2,13,17)(H,14,15). The molecule has 92 valence electrons. The van der Waals surface area contributed by atoms with Crippen LogP contribution in [-0.4, -0.2) is 42.0 Å². The zero-order chi connectivity index (χ0) is 12.3. The van der Waals surface area contributed by atoms with Crippen molar-refractivity contribution in [1.82, 2.24) is 9.88 Å². The number of nitrogens with one attached hydrogen (secondary N) is 1. The minimum atomic E-state index is -0.489. The molecule has 5 heteroatoms. The second-order valence-electron chi connectivity index (χ2n) is 4.49. The quantitative estimate of drug-likeness (QED) is 0.807. The Kier molecular flexibility index (Phi) is 3.58. The summed E-state index contributed by atoms with van der Waals surface area (Å²) in [4.78, 5) is 17.5. The molecule has 0 aromatic carbocycles. The molecule has 1 aromatic rings. The third kappa shape index (κ3) is 3.17. The second-order valence-corrected chi connectivity index (χ2v) is 4.49. The molecule has 0 radical (unpaired) electrons. The molecule has 1 aliphatic rings. The SMILES string of the molecule is CN1CCC(Nc2cccc(C(N)=O)n2)CC1. The Balaban J connectivity index is 1.98. The van der Waals surface area contributed by atoms with Gasteiger partial charge in [0.05, 0.1) is 0 Å². The molecule has 1 aliphatic heterocycles. The lowest BCUT2D eigenvalue weighted by Crippen LogP contribution is -2.36. The van der Waals surface area contributed by atoms with E-state index in [2.05, 4.69) is 22.2 Å². The van der Waals surface area contributed by atoms with Gasteiger partial charge in [-0.2, -0.15) is 0 Å². The first-order valence-electron chi connectivity index (χ1n) is 5.87. The molecule has 17 heavy (non-hydrogen) atoms. The van der Waals surface area contributed by atoms with E-state index in [1.807, 2.05) is 6.07 Å². The number of hydrogen-bond acceptors (Lipinski definition) is 4. The molecule has 3 N–H and O–H groups in total. The van der Waals surface area contributed by atoms with Crippen molar-refractivity contribution in [3.8, 4) is 0 Å². The molecule has 0 atom stereocenters. The maximum Gasteiger partial charge on any atom is 0.267 e. The number of carbonyl (C=O) groups excluding carboxylic acids is 1. The van der Waals surface area contributed by atoms with Gasteiger partial charge in [-0.3, -0.25) is 4.79 Å². The van der Waals surface area contributed by atoms with Crippen LogP contribution < -0.4 is 11.1 Å². The number of nitrogens with two attached hydrogens (primary N) is 1. The summed E-state index contributed by atoms with van der Waals surface area (Å²) in [5.41, 5.74) is 5.51. The van der Waals surface area contributed by atoms with E-state index in [0.29, 0.717) is 11.7 Å². The first-order valence-corrected chi connectivity index (χ1v) is 5.87. The first-order chi connectivity index (χ1) is 8.15. The number of likely N-dealkylation sites (tertiary alicyclic amines) is 1. The summed E-state index contributed by atoms with van der Waals surface area (Å²) in [5.74, 6) is 0.243. The van der Waals surface area contributed by atoms with Gasteiger partial charge < -0.3 is 16.0 Å². The van der Waals surface area contributed by atoms with Crippen LogP contribution in [0.4, 0.5) is 5.82 Å². The highest BCUT2D eigenvalue weighted by molar-refractivity contribution is 5.91. The molecule has 5 nitrogen and oxygen atoms in total. The zero-order valence-electron chi connectivity index (χ0n) is 10.0. The molecule has 0 spiro atoms. The Morgan fingerprint density at radius 2 is 2.18 bits per heavy atom. The van der Waals surface area contributed by atoms with E-state index in [0.717, 1.165) is 31.7 Å². The minimum Gasteiger partial charge on any atom is -0.367 e. The van der Waals surface area contributed by atoms with Crippen molar-refractivity contribution in [2.45, 2.75) is 18.9 Å². The molecule has 2 heterocycles. The van der Waals surface area contributed by atoms with Gasteiger partial charge in [0.2, 0.25) is 0 Å². The highest BCUT2D eigenvalue weighted by Gasteiger charge is 2.16. The van der Waals surface area contributed by atoms with E-state index >= 15 is 0 Å². The van der Waals surface area contributed by atoms with Gasteiger partial charge in [-0.1, -0.05) is 6.07 Å². The van der Waals surface area contributed by atoms with E-state index in [4.69, 9.17) is 5.73 Å². The highest BCUT2D eigenvalue weighted by atomic mass is 16.1. The molecule has 0 aliphatic carbocycles. The number of nitrogens with zero attached hydrogens (tertiary/aromatic N) is 2. The lowest BCUT2D eigenvalue weighted by molar-refractivity contribution is 0.0995. The Morgan fingerprint density at radius 3 is 2.82 bits per heavy atom. The Bertz CT molecular complexity index is 399. The average Bonchev–Trinajstić information content (AvgIpc) is 2.32. The molecule has 1 saturated heterocycles. The van der Waals surface area contributed by atoms with Crippen LogP contribution in [0, 0.1) is 0 Å². The fourth-order valence-corrected chi connectivity index (χ4v) is 2.01. The molecule has 1 aromatic heterocycles. The van der Waals surface area contributed by atoms with E-state index in [-0.39, 0.29) is 0 Å². The van der Waals surface area contributed by atoms with E-state index < -0.39 is 5.91 Å². The van der Waals surface area contributed by atoms with Crippen LogP contribution in [-0.2, 0) is 0 Å². The maximum absolute atomic E-state index is 11.0. The number of rotatable bonds is 3. The van der Waals surface area contributed by atoms with E-state index in [1.54, 1.807) is 12.1 Å². The molecule has 0 saturated carbocycles. The molecule has 0 unspecified atom stereocenters. The molecular weight excluding hydrogens is 216 g/mol. The zero-order valence-corrected chi connectivity index (χ0v) is 10.0. The number of amides is 1. The number of aromatic nitrogens is 1. The van der Waals surface area contributed by atoms with Gasteiger partial charge in [0.1, 0.15) is 11.5 Å². The number of anilines is 1. The van der Waals surface area contributed by atoms with Gasteiger partial charge in [-0.15, -0.1) is 0 Å². The van der Waals surface area contributed by atoms with Gasteiger partial charge >= 0.3 is 0 Å². The predicted molar refractivity (Wildman–Crippen MR) is 66.9 cm³/mol. The number of hydrogen-bond donors (Lipinski definition) is 2. The Labute approximate surface area is 101 Å². The summed E-state index contributed by atoms with van der Waals surface area (Å²) < 4.78 is 0. The van der Waals surface area contributed by atoms with Gasteiger partial charge in [0.25, 0.3) is 5.91 Å². The molecule has 1 amide bonds. The largest absolute Gasteiger partial charge is 0.367 e. The van der Waals surface area contributed by atoms with E-state index in [1.165, 1.54) is 0 Å². The van der Waals surface area contributed by atoms with Crippen LogP contribution >= 0.6 is 0 Å². The van der Waals surface area contributed by atoms with Crippen molar-refractivity contribution in [3.63, 3.8) is 0 Å². The predicted octanol–water partition coefficient (Wildman–Crippen LogP) is 0.687. The lowest BCUT2D eigenvalue weighted by atomic mass is 10.1. The van der Waals surface area contributed by atoms with Crippen LogP contribution in [0.5, 0.6) is 0 Å². The Hall–Kier alpha value is -1.62. The highest BCUT2D eigenvalue weighted by Crippen LogP contribution is 2.14. The van der Waals surface area contributed by atoms with Crippen molar-refractivity contribution < 1.29 is 4.79 Å². The average molecular weight is 234 g/mol. The van der Waals surface area contributed by atoms with Gasteiger partial charge in [-0.05, 0) is 45.1 Å². The summed E-state index contributed by atoms with van der Waals surface area (Å²) in [7, 11) is 2.13. The summed E-state index contributed by atoms with van der Waals surface area (Å²) in [5, 5.41) is 3.35. The number of piperidine rings is 1. The number of carbonyl (C=O) groups is 1. The van der Waals surface area contributed by atoms with Crippen molar-refractivity contribution in [2.24, 2.45) is 5.73 Å². The summed E-state index contributed by atoms with van der Waals surface area (Å²) in [6.45, 7) is 2.18. The van der Waals surface area contributed by atoms with Crippen LogP contribution in [0.15, 0.2) is 18.2 Å². The number of pyridine rings is 1. The summed E-state index contributed by atoms with van der Waals surface area (Å²) in [6, 6.07) is 5.72. The molecular formula is C12H18N4O. The normalized spacial score (nSPS) is 17.9. The van der Waals surface area contributed by atoms with Crippen molar-refractivity contribution in [2.75, 3.05) is 25.5 Å². The fraction of sp³-hybridized carbons (Fsp3) is 0.500. The fourth-order valence-electron chi connectivity index (χ4n) is 2.01. The maximum atomic E-state index is 11.0. The van der Waals surface area contributed by atoms with Crippen molar-refractivity contribution >= 4 is 11.7 Å². The lowest BCUT2D eigenvalue weighted by Gasteiger charge is -2.29.